The van der Waals surface area contributed by atoms with Gasteiger partial charge in [-0.25, -0.2) is 4.79 Å². The number of carbonyl (C=O) groups is 1. The maximum absolute atomic E-state index is 12.6. The zero-order chi connectivity index (χ0) is 16.1. The van der Waals surface area contributed by atoms with Gasteiger partial charge >= 0.3 is 5.97 Å². The summed E-state index contributed by atoms with van der Waals surface area (Å²) >= 11 is 0. The van der Waals surface area contributed by atoms with Crippen LogP contribution in [0.1, 0.15) is 34.3 Å². The molecular formula is C19H18N2O2. The molecule has 0 aromatic heterocycles. The summed E-state index contributed by atoms with van der Waals surface area (Å²) < 4.78 is 5.96. The van der Waals surface area contributed by atoms with Crippen molar-refractivity contribution in [1.82, 2.24) is 5.32 Å². The zero-order valence-electron chi connectivity index (χ0n) is 12.8. The highest BCUT2D eigenvalue weighted by molar-refractivity contribution is 5.90. The quantitative estimate of drug-likeness (QED) is 0.886. The predicted octanol–water partition coefficient (Wildman–Crippen LogP) is 2.99. The van der Waals surface area contributed by atoms with Gasteiger partial charge in [0.05, 0.1) is 17.2 Å². The number of nitrogens with one attached hydrogen (secondary N) is 1. The van der Waals surface area contributed by atoms with Crippen LogP contribution in [0.4, 0.5) is 0 Å². The Morgan fingerprint density at radius 3 is 2.52 bits per heavy atom. The topological polar surface area (TPSA) is 62.1 Å². The molecule has 0 bridgehead atoms. The van der Waals surface area contributed by atoms with Crippen molar-refractivity contribution in [3.63, 3.8) is 0 Å². The molecule has 1 N–H and O–H groups in total. The molecule has 0 spiro atoms. The first kappa shape index (κ1) is 15.3. The zero-order valence-corrected chi connectivity index (χ0v) is 12.8. The van der Waals surface area contributed by atoms with E-state index in [-0.39, 0.29) is 5.97 Å². The van der Waals surface area contributed by atoms with E-state index in [2.05, 4.69) is 5.32 Å². The smallest absolute Gasteiger partial charge is 0.339 e. The van der Waals surface area contributed by atoms with Crippen molar-refractivity contribution >= 4 is 5.97 Å². The molecule has 4 heteroatoms. The highest BCUT2D eigenvalue weighted by atomic mass is 16.6. The Bertz CT molecular complexity index is 729. The maximum atomic E-state index is 12.6. The van der Waals surface area contributed by atoms with Crippen LogP contribution in [-0.2, 0) is 10.3 Å². The van der Waals surface area contributed by atoms with Crippen molar-refractivity contribution in [3.05, 3.63) is 71.3 Å². The molecule has 2 aromatic carbocycles. The Morgan fingerprint density at radius 2 is 1.83 bits per heavy atom. The number of benzene rings is 2. The summed E-state index contributed by atoms with van der Waals surface area (Å²) in [4.78, 5) is 12.6. The van der Waals surface area contributed by atoms with E-state index >= 15 is 0 Å². The fourth-order valence-corrected chi connectivity index (χ4v) is 2.97. The van der Waals surface area contributed by atoms with Crippen molar-refractivity contribution in [2.24, 2.45) is 0 Å². The first-order chi connectivity index (χ1) is 11.2. The standard InChI is InChI=1S/C19H18N2O2/c20-14-15-5-4-6-16(13-15)18(22)23-19(9-11-21-12-10-19)17-7-2-1-3-8-17/h1-8,13,21H,9-12H2. The molecule has 116 valence electrons. The fourth-order valence-electron chi connectivity index (χ4n) is 2.97. The molecule has 1 aliphatic heterocycles. The fraction of sp³-hybridized carbons (Fsp3) is 0.263. The van der Waals surface area contributed by atoms with Crippen LogP contribution in [-0.4, -0.2) is 19.1 Å². The van der Waals surface area contributed by atoms with Gasteiger partial charge < -0.3 is 10.1 Å². The first-order valence-corrected chi connectivity index (χ1v) is 7.73. The molecule has 1 fully saturated rings. The summed E-state index contributed by atoms with van der Waals surface area (Å²) in [5, 5.41) is 12.3. The van der Waals surface area contributed by atoms with E-state index in [1.807, 2.05) is 36.4 Å². The van der Waals surface area contributed by atoms with Crippen molar-refractivity contribution in [2.75, 3.05) is 13.1 Å². The molecule has 0 unspecified atom stereocenters. The van der Waals surface area contributed by atoms with Crippen molar-refractivity contribution in [2.45, 2.75) is 18.4 Å². The average Bonchev–Trinajstić information content (AvgIpc) is 2.63. The van der Waals surface area contributed by atoms with Crippen molar-refractivity contribution in [1.29, 1.82) is 5.26 Å². The highest BCUT2D eigenvalue weighted by Gasteiger charge is 2.38. The van der Waals surface area contributed by atoms with E-state index in [0.717, 1.165) is 31.5 Å². The van der Waals surface area contributed by atoms with Gasteiger partial charge in [-0.2, -0.15) is 5.26 Å². The van der Waals surface area contributed by atoms with Crippen LogP contribution in [0.15, 0.2) is 54.6 Å². The van der Waals surface area contributed by atoms with Gasteiger partial charge in [0, 0.05) is 12.8 Å². The molecule has 1 saturated heterocycles. The van der Waals surface area contributed by atoms with Gasteiger partial charge in [-0.1, -0.05) is 36.4 Å². The van der Waals surface area contributed by atoms with E-state index < -0.39 is 5.60 Å². The summed E-state index contributed by atoms with van der Waals surface area (Å²) in [6, 6.07) is 18.6. The number of esters is 1. The van der Waals surface area contributed by atoms with Crippen LogP contribution in [0, 0.1) is 11.3 Å². The Kier molecular flexibility index (Phi) is 4.40. The van der Waals surface area contributed by atoms with E-state index in [1.165, 1.54) is 0 Å². The molecule has 0 radical (unpaired) electrons. The monoisotopic (exact) mass is 306 g/mol. The maximum Gasteiger partial charge on any atom is 0.339 e. The molecule has 4 nitrogen and oxygen atoms in total. The molecule has 0 saturated carbocycles. The SMILES string of the molecule is N#Cc1cccc(C(=O)OC2(c3ccccc3)CCNCC2)c1. The Labute approximate surface area is 135 Å². The lowest BCUT2D eigenvalue weighted by molar-refractivity contribution is -0.0378. The van der Waals surface area contributed by atoms with E-state index in [0.29, 0.717) is 11.1 Å². The molecule has 0 aliphatic carbocycles. The molecule has 1 heterocycles. The van der Waals surface area contributed by atoms with Gasteiger partial charge in [0.2, 0.25) is 0 Å². The summed E-state index contributed by atoms with van der Waals surface area (Å²) in [6.07, 6.45) is 1.47. The number of nitrogens with zero attached hydrogens (tertiary/aromatic N) is 1. The second kappa shape index (κ2) is 6.64. The Morgan fingerprint density at radius 1 is 1.09 bits per heavy atom. The van der Waals surface area contributed by atoms with Gasteiger partial charge in [-0.05, 0) is 36.9 Å². The van der Waals surface area contributed by atoms with Crippen molar-refractivity contribution < 1.29 is 9.53 Å². The number of piperidine rings is 1. The normalized spacial score (nSPS) is 16.3. The molecule has 1 aliphatic rings. The largest absolute Gasteiger partial charge is 0.450 e. The number of ether oxygens (including phenoxy) is 1. The third-order valence-electron chi connectivity index (χ3n) is 4.23. The molecular weight excluding hydrogens is 288 g/mol. The summed E-state index contributed by atoms with van der Waals surface area (Å²) in [5.74, 6) is -0.382. The summed E-state index contributed by atoms with van der Waals surface area (Å²) in [7, 11) is 0. The lowest BCUT2D eigenvalue weighted by Gasteiger charge is -2.37. The van der Waals surface area contributed by atoms with Crippen LogP contribution in [0.25, 0.3) is 0 Å². The first-order valence-electron chi connectivity index (χ1n) is 7.73. The molecule has 3 rings (SSSR count). The minimum absolute atomic E-state index is 0.382. The third kappa shape index (κ3) is 3.25. The molecule has 23 heavy (non-hydrogen) atoms. The van der Waals surface area contributed by atoms with Crippen molar-refractivity contribution in [3.8, 4) is 6.07 Å². The van der Waals surface area contributed by atoms with Gasteiger partial charge in [0.25, 0.3) is 0 Å². The lowest BCUT2D eigenvalue weighted by atomic mass is 9.84. The minimum atomic E-state index is -0.605. The van der Waals surface area contributed by atoms with Gasteiger partial charge in [-0.15, -0.1) is 0 Å². The van der Waals surface area contributed by atoms with E-state index in [1.54, 1.807) is 24.3 Å². The molecule has 2 aromatic rings. The van der Waals surface area contributed by atoms with Crippen LogP contribution < -0.4 is 5.32 Å². The number of nitriles is 1. The number of rotatable bonds is 3. The minimum Gasteiger partial charge on any atom is -0.450 e. The van der Waals surface area contributed by atoms with Crippen LogP contribution >= 0.6 is 0 Å². The Hall–Kier alpha value is -2.64. The van der Waals surface area contributed by atoms with Gasteiger partial charge in [0.1, 0.15) is 5.60 Å². The lowest BCUT2D eigenvalue weighted by Crippen LogP contribution is -2.43. The summed E-state index contributed by atoms with van der Waals surface area (Å²) in [5.41, 5.74) is 1.29. The van der Waals surface area contributed by atoms with Crippen LogP contribution in [0.3, 0.4) is 0 Å². The van der Waals surface area contributed by atoms with E-state index in [9.17, 15) is 4.79 Å². The Balaban J connectivity index is 1.90. The molecule has 0 amide bonds. The van der Waals surface area contributed by atoms with Gasteiger partial charge in [0.15, 0.2) is 0 Å². The number of hydrogen-bond donors (Lipinski definition) is 1. The predicted molar refractivity (Wildman–Crippen MR) is 86.8 cm³/mol. The summed E-state index contributed by atoms with van der Waals surface area (Å²) in [6.45, 7) is 1.61. The average molecular weight is 306 g/mol. The number of carbonyl (C=O) groups excluding carboxylic acids is 1. The highest BCUT2D eigenvalue weighted by Crippen LogP contribution is 2.35. The second-order valence-corrected chi connectivity index (χ2v) is 5.69. The molecule has 0 atom stereocenters. The second-order valence-electron chi connectivity index (χ2n) is 5.69. The van der Waals surface area contributed by atoms with Crippen LogP contribution in [0.5, 0.6) is 0 Å². The van der Waals surface area contributed by atoms with Gasteiger partial charge in [-0.3, -0.25) is 0 Å². The van der Waals surface area contributed by atoms with Crippen LogP contribution in [0.2, 0.25) is 0 Å². The number of hydrogen-bond acceptors (Lipinski definition) is 4. The third-order valence-corrected chi connectivity index (χ3v) is 4.23. The van der Waals surface area contributed by atoms with E-state index in [4.69, 9.17) is 10.00 Å².